The van der Waals surface area contributed by atoms with Crippen molar-refractivity contribution in [2.24, 2.45) is 0 Å². The second-order valence-electron chi connectivity index (χ2n) is 3.88. The van der Waals surface area contributed by atoms with Crippen LogP contribution in [0.15, 0.2) is 30.3 Å². The number of esters is 1. The first-order valence-electron chi connectivity index (χ1n) is 5.53. The Labute approximate surface area is 100 Å². The normalized spacial score (nSPS) is 11.8. The number of carbonyl (C=O) groups excluding carboxylic acids is 1. The zero-order valence-corrected chi connectivity index (χ0v) is 9.76. The lowest BCUT2D eigenvalue weighted by molar-refractivity contribution is -0.151. The second kappa shape index (κ2) is 6.68. The van der Waals surface area contributed by atoms with E-state index in [0.29, 0.717) is 6.42 Å². The highest BCUT2D eigenvalue weighted by atomic mass is 16.5. The van der Waals surface area contributed by atoms with E-state index in [4.69, 9.17) is 9.84 Å². The molecule has 0 aliphatic heterocycles. The summed E-state index contributed by atoms with van der Waals surface area (Å²) in [6, 6.07) is 9.69. The fourth-order valence-electron chi connectivity index (χ4n) is 1.48. The van der Waals surface area contributed by atoms with Gasteiger partial charge in [-0.2, -0.15) is 0 Å². The van der Waals surface area contributed by atoms with Gasteiger partial charge >= 0.3 is 11.9 Å². The highest BCUT2D eigenvalue weighted by Gasteiger charge is 2.11. The molecule has 92 valence electrons. The molecule has 0 amide bonds. The minimum atomic E-state index is -0.988. The van der Waals surface area contributed by atoms with Crippen LogP contribution in [0.1, 0.15) is 25.3 Å². The van der Waals surface area contributed by atoms with Gasteiger partial charge in [0, 0.05) is 6.42 Å². The van der Waals surface area contributed by atoms with Crippen molar-refractivity contribution in [1.82, 2.24) is 0 Å². The Bertz CT molecular complexity index is 372. The van der Waals surface area contributed by atoms with Crippen molar-refractivity contribution >= 4 is 11.9 Å². The maximum absolute atomic E-state index is 11.3. The second-order valence-corrected chi connectivity index (χ2v) is 3.88. The molecule has 1 rings (SSSR count). The lowest BCUT2D eigenvalue weighted by atomic mass is 10.1. The van der Waals surface area contributed by atoms with Crippen molar-refractivity contribution in [3.05, 3.63) is 35.9 Å². The first kappa shape index (κ1) is 13.2. The van der Waals surface area contributed by atoms with Crippen LogP contribution in [0.25, 0.3) is 0 Å². The zero-order chi connectivity index (χ0) is 12.7. The average molecular weight is 236 g/mol. The number of benzene rings is 1. The molecule has 0 radical (unpaired) electrons. The Kier molecular flexibility index (Phi) is 5.20. The number of ether oxygens (including phenoxy) is 1. The van der Waals surface area contributed by atoms with Crippen molar-refractivity contribution < 1.29 is 19.4 Å². The highest BCUT2D eigenvalue weighted by molar-refractivity contribution is 5.76. The van der Waals surface area contributed by atoms with Gasteiger partial charge in [-0.05, 0) is 12.5 Å². The summed E-state index contributed by atoms with van der Waals surface area (Å²) in [7, 11) is 0. The van der Waals surface area contributed by atoms with Gasteiger partial charge in [0.05, 0.1) is 12.8 Å². The topological polar surface area (TPSA) is 63.6 Å². The minimum absolute atomic E-state index is 0.0749. The van der Waals surface area contributed by atoms with Crippen molar-refractivity contribution in [2.45, 2.75) is 32.3 Å². The Morgan fingerprint density at radius 3 is 2.47 bits per heavy atom. The van der Waals surface area contributed by atoms with E-state index in [-0.39, 0.29) is 18.9 Å². The lowest BCUT2D eigenvalue weighted by Crippen LogP contribution is -2.17. The van der Waals surface area contributed by atoms with Gasteiger partial charge in [0.1, 0.15) is 6.10 Å². The van der Waals surface area contributed by atoms with Gasteiger partial charge in [-0.1, -0.05) is 30.3 Å². The Morgan fingerprint density at radius 2 is 1.88 bits per heavy atom. The average Bonchev–Trinajstić information content (AvgIpc) is 2.27. The summed E-state index contributed by atoms with van der Waals surface area (Å²) >= 11 is 0. The molecule has 0 aliphatic rings. The van der Waals surface area contributed by atoms with Crippen LogP contribution >= 0.6 is 0 Å². The van der Waals surface area contributed by atoms with E-state index < -0.39 is 11.9 Å². The van der Waals surface area contributed by atoms with E-state index in [9.17, 15) is 9.59 Å². The lowest BCUT2D eigenvalue weighted by Gasteiger charge is -2.12. The monoisotopic (exact) mass is 236 g/mol. The molecule has 0 saturated carbocycles. The largest absolute Gasteiger partial charge is 0.481 e. The third-order valence-corrected chi connectivity index (χ3v) is 2.24. The third-order valence-electron chi connectivity index (χ3n) is 2.24. The third kappa shape index (κ3) is 5.70. The van der Waals surface area contributed by atoms with Gasteiger partial charge < -0.3 is 9.84 Å². The number of aliphatic carboxylic acids is 1. The summed E-state index contributed by atoms with van der Waals surface area (Å²) < 4.78 is 5.10. The first-order chi connectivity index (χ1) is 8.08. The summed E-state index contributed by atoms with van der Waals surface area (Å²) in [5, 5.41) is 8.42. The number of rotatable bonds is 6. The summed E-state index contributed by atoms with van der Waals surface area (Å²) in [4.78, 5) is 21.5. The molecule has 1 atom stereocenters. The first-order valence-corrected chi connectivity index (χ1v) is 5.53. The molecule has 0 saturated heterocycles. The molecule has 4 nitrogen and oxygen atoms in total. The van der Waals surface area contributed by atoms with Crippen LogP contribution in [0.3, 0.4) is 0 Å². The van der Waals surface area contributed by atoms with E-state index in [1.165, 1.54) is 0 Å². The molecule has 4 heteroatoms. The standard InChI is InChI=1S/C13H16O4/c1-10(9-11-5-3-2-4-6-11)17-13(16)8-7-12(14)15/h2-6,10H,7-9H2,1H3,(H,14,15)/t10-/m1/s1. The Hall–Kier alpha value is -1.84. The fraction of sp³-hybridized carbons (Fsp3) is 0.385. The Morgan fingerprint density at radius 1 is 1.24 bits per heavy atom. The number of hydrogen-bond donors (Lipinski definition) is 1. The molecule has 0 unspecified atom stereocenters. The van der Waals surface area contributed by atoms with Crippen LogP contribution in [0.2, 0.25) is 0 Å². The van der Waals surface area contributed by atoms with Gasteiger partial charge in [-0.3, -0.25) is 9.59 Å². The predicted molar refractivity (Wildman–Crippen MR) is 62.6 cm³/mol. The summed E-state index contributed by atoms with van der Waals surface area (Å²) in [5.41, 5.74) is 1.09. The quantitative estimate of drug-likeness (QED) is 0.767. The van der Waals surface area contributed by atoms with Gasteiger partial charge in [-0.15, -0.1) is 0 Å². The molecular formula is C13H16O4. The minimum Gasteiger partial charge on any atom is -0.481 e. The van der Waals surface area contributed by atoms with Gasteiger partial charge in [0.15, 0.2) is 0 Å². The number of hydrogen-bond acceptors (Lipinski definition) is 3. The molecule has 0 heterocycles. The molecule has 17 heavy (non-hydrogen) atoms. The number of carbonyl (C=O) groups is 2. The van der Waals surface area contributed by atoms with E-state index in [0.717, 1.165) is 5.56 Å². The van der Waals surface area contributed by atoms with Gasteiger partial charge in [0.2, 0.25) is 0 Å². The molecule has 0 bridgehead atoms. The van der Waals surface area contributed by atoms with Crippen LogP contribution in [-0.4, -0.2) is 23.1 Å². The molecule has 0 aromatic heterocycles. The predicted octanol–water partition coefficient (Wildman–Crippen LogP) is 2.03. The molecule has 0 fully saturated rings. The van der Waals surface area contributed by atoms with Crippen LogP contribution in [0, 0.1) is 0 Å². The number of carboxylic acids is 1. The van der Waals surface area contributed by atoms with Gasteiger partial charge in [-0.25, -0.2) is 0 Å². The van der Waals surface area contributed by atoms with Crippen molar-refractivity contribution in [2.75, 3.05) is 0 Å². The maximum atomic E-state index is 11.3. The molecular weight excluding hydrogens is 220 g/mol. The van der Waals surface area contributed by atoms with E-state index >= 15 is 0 Å². The van der Waals surface area contributed by atoms with E-state index in [1.54, 1.807) is 6.92 Å². The SMILES string of the molecule is C[C@H](Cc1ccccc1)OC(=O)CCC(=O)O. The molecule has 1 aromatic carbocycles. The van der Waals surface area contributed by atoms with Crippen LogP contribution in [-0.2, 0) is 20.7 Å². The van der Waals surface area contributed by atoms with E-state index in [2.05, 4.69) is 0 Å². The van der Waals surface area contributed by atoms with Crippen LogP contribution in [0.4, 0.5) is 0 Å². The Balaban J connectivity index is 2.32. The summed E-state index contributed by atoms with van der Waals surface area (Å²) in [6.07, 6.45) is 0.143. The van der Waals surface area contributed by atoms with Crippen LogP contribution in [0.5, 0.6) is 0 Å². The molecule has 1 N–H and O–H groups in total. The van der Waals surface area contributed by atoms with Crippen molar-refractivity contribution in [3.63, 3.8) is 0 Å². The summed E-state index contributed by atoms with van der Waals surface area (Å²) in [6.45, 7) is 1.80. The van der Waals surface area contributed by atoms with Crippen molar-refractivity contribution in [3.8, 4) is 0 Å². The van der Waals surface area contributed by atoms with Gasteiger partial charge in [0.25, 0.3) is 0 Å². The summed E-state index contributed by atoms with van der Waals surface area (Å²) in [5.74, 6) is -1.45. The zero-order valence-electron chi connectivity index (χ0n) is 9.76. The van der Waals surface area contributed by atoms with Crippen LogP contribution < -0.4 is 0 Å². The fourth-order valence-corrected chi connectivity index (χ4v) is 1.48. The highest BCUT2D eigenvalue weighted by Crippen LogP contribution is 2.07. The maximum Gasteiger partial charge on any atom is 0.306 e. The van der Waals surface area contributed by atoms with Crippen molar-refractivity contribution in [1.29, 1.82) is 0 Å². The smallest absolute Gasteiger partial charge is 0.306 e. The molecule has 0 spiro atoms. The molecule has 0 aliphatic carbocycles. The molecule has 1 aromatic rings. The van der Waals surface area contributed by atoms with E-state index in [1.807, 2.05) is 30.3 Å². The number of carboxylic acid groups (broad SMARTS) is 1.